The molecule has 0 saturated carbocycles. The normalized spacial score (nSPS) is 24.9. The van der Waals surface area contributed by atoms with Crippen LogP contribution in [0.4, 0.5) is 0 Å². The highest BCUT2D eigenvalue weighted by Crippen LogP contribution is 2.20. The van der Waals surface area contributed by atoms with E-state index in [0.29, 0.717) is 18.1 Å². The van der Waals surface area contributed by atoms with E-state index < -0.39 is 5.54 Å². The third kappa shape index (κ3) is 5.05. The average Bonchev–Trinajstić information content (AvgIpc) is 2.73. The third-order valence-corrected chi connectivity index (χ3v) is 4.48. The Morgan fingerprint density at radius 3 is 2.55 bits per heavy atom. The molecule has 0 aliphatic carbocycles. The fraction of sp³-hybridized carbons (Fsp3) is 0.938. The highest BCUT2D eigenvalue weighted by atomic mass is 15.2. The summed E-state index contributed by atoms with van der Waals surface area (Å²) in [5.74, 6) is 0. The van der Waals surface area contributed by atoms with Crippen molar-refractivity contribution in [2.24, 2.45) is 0 Å². The van der Waals surface area contributed by atoms with Gasteiger partial charge in [0.1, 0.15) is 5.54 Å². The van der Waals surface area contributed by atoms with E-state index in [4.69, 9.17) is 0 Å². The molecule has 0 bridgehead atoms. The number of nitrogens with one attached hydrogen (secondary N) is 1. The Morgan fingerprint density at radius 2 is 2.10 bits per heavy atom. The van der Waals surface area contributed by atoms with Gasteiger partial charge >= 0.3 is 0 Å². The van der Waals surface area contributed by atoms with Crippen molar-refractivity contribution in [2.75, 3.05) is 27.2 Å². The van der Waals surface area contributed by atoms with Gasteiger partial charge in [0.25, 0.3) is 0 Å². The Morgan fingerprint density at radius 1 is 1.45 bits per heavy atom. The molecule has 1 fully saturated rings. The fourth-order valence-electron chi connectivity index (χ4n) is 3.24. The highest BCUT2D eigenvalue weighted by molar-refractivity contribution is 5.06. The van der Waals surface area contributed by atoms with Gasteiger partial charge in [0, 0.05) is 24.7 Å². The van der Waals surface area contributed by atoms with Gasteiger partial charge in [-0.05, 0) is 67.6 Å². The fourth-order valence-corrected chi connectivity index (χ4v) is 3.24. The monoisotopic (exact) mass is 280 g/mol. The molecular formula is C16H32N4. The second-order valence-corrected chi connectivity index (χ2v) is 7.01. The van der Waals surface area contributed by atoms with Gasteiger partial charge in [0.2, 0.25) is 0 Å². The molecule has 0 aromatic carbocycles. The molecule has 1 aliphatic heterocycles. The maximum atomic E-state index is 9.45. The van der Waals surface area contributed by atoms with Crippen LogP contribution in [0.3, 0.4) is 0 Å². The van der Waals surface area contributed by atoms with E-state index in [1.54, 1.807) is 0 Å². The van der Waals surface area contributed by atoms with Gasteiger partial charge in [0.05, 0.1) is 6.07 Å². The maximum absolute atomic E-state index is 9.45. The number of hydrogen-bond donors (Lipinski definition) is 1. The summed E-state index contributed by atoms with van der Waals surface area (Å²) in [5, 5.41) is 12.8. The van der Waals surface area contributed by atoms with Crippen molar-refractivity contribution in [2.45, 2.75) is 70.6 Å². The van der Waals surface area contributed by atoms with Crippen LogP contribution < -0.4 is 5.32 Å². The molecule has 1 heterocycles. The largest absolute Gasteiger partial charge is 0.302 e. The van der Waals surface area contributed by atoms with Crippen LogP contribution in [-0.4, -0.2) is 60.6 Å². The van der Waals surface area contributed by atoms with Crippen LogP contribution in [0.25, 0.3) is 0 Å². The van der Waals surface area contributed by atoms with Crippen molar-refractivity contribution < 1.29 is 0 Å². The van der Waals surface area contributed by atoms with E-state index in [1.165, 1.54) is 19.4 Å². The molecule has 0 amide bonds. The smallest absolute Gasteiger partial charge is 0.105 e. The summed E-state index contributed by atoms with van der Waals surface area (Å²) in [6.45, 7) is 10.7. The molecule has 0 spiro atoms. The molecule has 0 aromatic rings. The lowest BCUT2D eigenvalue weighted by Crippen LogP contribution is -2.50. The molecular weight excluding hydrogens is 248 g/mol. The Kier molecular flexibility index (Phi) is 6.44. The number of hydrogen-bond acceptors (Lipinski definition) is 4. The summed E-state index contributed by atoms with van der Waals surface area (Å²) in [5.41, 5.74) is -0.441. The summed E-state index contributed by atoms with van der Waals surface area (Å²) in [6, 6.07) is 3.86. The minimum Gasteiger partial charge on any atom is -0.302 e. The highest BCUT2D eigenvalue weighted by Gasteiger charge is 2.30. The van der Waals surface area contributed by atoms with Crippen molar-refractivity contribution in [1.82, 2.24) is 15.1 Å². The number of nitrogens with zero attached hydrogens (tertiary/aromatic N) is 3. The van der Waals surface area contributed by atoms with Gasteiger partial charge in [-0.2, -0.15) is 5.26 Å². The minimum absolute atomic E-state index is 0.332. The summed E-state index contributed by atoms with van der Waals surface area (Å²) in [6.07, 6.45) is 3.47. The summed E-state index contributed by atoms with van der Waals surface area (Å²) < 4.78 is 0. The first-order valence-electron chi connectivity index (χ1n) is 7.87. The molecule has 3 unspecified atom stereocenters. The van der Waals surface area contributed by atoms with Gasteiger partial charge in [-0.3, -0.25) is 5.32 Å². The van der Waals surface area contributed by atoms with E-state index in [2.05, 4.69) is 56.1 Å². The van der Waals surface area contributed by atoms with Crippen LogP contribution in [0.15, 0.2) is 0 Å². The van der Waals surface area contributed by atoms with Crippen LogP contribution in [0.2, 0.25) is 0 Å². The zero-order valence-corrected chi connectivity index (χ0v) is 14.1. The number of rotatable bonds is 7. The first-order valence-corrected chi connectivity index (χ1v) is 7.87. The van der Waals surface area contributed by atoms with Crippen molar-refractivity contribution in [3.63, 3.8) is 0 Å². The molecule has 116 valence electrons. The van der Waals surface area contributed by atoms with Gasteiger partial charge in [-0.25, -0.2) is 0 Å². The Bertz CT molecular complexity index is 336. The molecule has 1 aliphatic rings. The number of likely N-dealkylation sites (tertiary alicyclic amines) is 1. The number of nitriles is 1. The van der Waals surface area contributed by atoms with Gasteiger partial charge < -0.3 is 9.80 Å². The minimum atomic E-state index is -0.441. The van der Waals surface area contributed by atoms with E-state index in [-0.39, 0.29) is 0 Å². The van der Waals surface area contributed by atoms with Crippen molar-refractivity contribution in [3.05, 3.63) is 0 Å². The van der Waals surface area contributed by atoms with E-state index in [0.717, 1.165) is 13.0 Å². The molecule has 0 aromatic heterocycles. The summed E-state index contributed by atoms with van der Waals surface area (Å²) in [4.78, 5) is 4.86. The van der Waals surface area contributed by atoms with Gasteiger partial charge in [0.15, 0.2) is 0 Å². The lowest BCUT2D eigenvalue weighted by molar-refractivity contribution is 0.161. The second-order valence-electron chi connectivity index (χ2n) is 7.01. The Hall–Kier alpha value is -0.630. The van der Waals surface area contributed by atoms with Crippen LogP contribution in [0.5, 0.6) is 0 Å². The van der Waals surface area contributed by atoms with E-state index >= 15 is 0 Å². The molecule has 3 atom stereocenters. The standard InChI is InChI=1S/C16H32N4/c1-13(2)18-16(4,12-17)10-14(3)20(6)11-15-8-7-9-19(15)5/h13-15,18H,7-11H2,1-6H3. The molecule has 1 rings (SSSR count). The predicted octanol–water partition coefficient (Wildman–Crippen LogP) is 2.07. The number of likely N-dealkylation sites (N-methyl/N-ethyl adjacent to an activating group) is 2. The average molecular weight is 280 g/mol. The Balaban J connectivity index is 2.51. The molecule has 0 radical (unpaired) electrons. The maximum Gasteiger partial charge on any atom is 0.105 e. The van der Waals surface area contributed by atoms with Crippen LogP contribution in [-0.2, 0) is 0 Å². The van der Waals surface area contributed by atoms with E-state index in [9.17, 15) is 5.26 Å². The first kappa shape index (κ1) is 17.4. The molecule has 4 heteroatoms. The van der Waals surface area contributed by atoms with Crippen molar-refractivity contribution in [1.29, 1.82) is 5.26 Å². The Labute approximate surface area is 125 Å². The summed E-state index contributed by atoms with van der Waals surface area (Å²) in [7, 11) is 4.40. The van der Waals surface area contributed by atoms with Gasteiger partial charge in [-0.15, -0.1) is 0 Å². The summed E-state index contributed by atoms with van der Waals surface area (Å²) >= 11 is 0. The van der Waals surface area contributed by atoms with Crippen LogP contribution in [0, 0.1) is 11.3 Å². The third-order valence-electron chi connectivity index (χ3n) is 4.48. The van der Waals surface area contributed by atoms with E-state index in [1.807, 2.05) is 6.92 Å². The quantitative estimate of drug-likeness (QED) is 0.775. The zero-order chi connectivity index (χ0) is 15.3. The SMILES string of the molecule is CC(C)NC(C)(C#N)CC(C)N(C)CC1CCCN1C. The van der Waals surface area contributed by atoms with Crippen molar-refractivity contribution >= 4 is 0 Å². The molecule has 1 N–H and O–H groups in total. The zero-order valence-electron chi connectivity index (χ0n) is 14.1. The lowest BCUT2D eigenvalue weighted by atomic mass is 9.93. The van der Waals surface area contributed by atoms with Gasteiger partial charge in [-0.1, -0.05) is 0 Å². The molecule has 4 nitrogen and oxygen atoms in total. The van der Waals surface area contributed by atoms with Crippen LogP contribution in [0.1, 0.15) is 47.0 Å². The van der Waals surface area contributed by atoms with Crippen LogP contribution >= 0.6 is 0 Å². The topological polar surface area (TPSA) is 42.3 Å². The predicted molar refractivity (Wildman–Crippen MR) is 84.7 cm³/mol. The lowest BCUT2D eigenvalue weighted by Gasteiger charge is -2.35. The second kappa shape index (κ2) is 7.40. The van der Waals surface area contributed by atoms with Crippen molar-refractivity contribution in [3.8, 4) is 6.07 Å². The molecule has 20 heavy (non-hydrogen) atoms. The first-order chi connectivity index (χ1) is 9.27. The molecule has 1 saturated heterocycles.